The molecule has 0 bridgehead atoms. The maximum atomic E-state index is 13.4. The Balaban J connectivity index is 2.26. The number of benzene rings is 1. The maximum Gasteiger partial charge on any atom is 0.268 e. The minimum atomic E-state index is -4.34. The fourth-order valence-corrected chi connectivity index (χ4v) is 5.92. The molecular weight excluding hydrogens is 502 g/mol. The van der Waals surface area contributed by atoms with Crippen LogP contribution in [0.4, 0.5) is 0 Å². The molecule has 0 aromatic heterocycles. The second-order valence-electron chi connectivity index (χ2n) is 10.7. The number of nitrogens with one attached hydrogen (secondary N) is 1. The number of unbranched alkanes of at least 4 members (excludes halogenated alkanes) is 2. The summed E-state index contributed by atoms with van der Waals surface area (Å²) >= 11 is 0. The quantitative estimate of drug-likeness (QED) is 0.231. The van der Waals surface area contributed by atoms with Crippen molar-refractivity contribution in [2.24, 2.45) is 0 Å². The number of rotatable bonds is 14. The van der Waals surface area contributed by atoms with Crippen LogP contribution in [-0.2, 0) is 27.7 Å². The van der Waals surface area contributed by atoms with Crippen molar-refractivity contribution < 1.29 is 23.4 Å². The summed E-state index contributed by atoms with van der Waals surface area (Å²) in [4.78, 5) is 16.7. The number of nitrogens with zero attached hydrogens (tertiary/aromatic N) is 2. The Morgan fingerprint density at radius 1 is 1.05 bits per heavy atom. The van der Waals surface area contributed by atoms with E-state index in [1.54, 1.807) is 0 Å². The maximum absolute atomic E-state index is 13.4. The summed E-state index contributed by atoms with van der Waals surface area (Å²) in [5.74, 6) is -1.22. The number of piperazine rings is 1. The van der Waals surface area contributed by atoms with Gasteiger partial charge in [0.2, 0.25) is 5.91 Å². The van der Waals surface area contributed by atoms with Crippen molar-refractivity contribution in [3.63, 3.8) is 0 Å². The van der Waals surface area contributed by atoms with E-state index < -0.39 is 21.7 Å². The van der Waals surface area contributed by atoms with Gasteiger partial charge in [0, 0.05) is 44.7 Å². The first-order chi connectivity index (χ1) is 17.9. The van der Waals surface area contributed by atoms with E-state index >= 15 is 0 Å². The van der Waals surface area contributed by atoms with Crippen LogP contribution < -0.4 is 4.72 Å². The third kappa shape index (κ3) is 10.1. The molecule has 1 aromatic carbocycles. The standard InChI is InChI=1S/C29H47N3O5S/c1-6-7-8-12-24-21-26(33)25(14-13-23(4)11-9-10-22(2)3)28(35)29(24)38(36,37)30-27(34)15-16-32-19-17-31(5)18-20-32/h10,13,21,33,35H,6-9,11-12,14-20H2,1-5H3,(H,30,34). The van der Waals surface area contributed by atoms with Gasteiger partial charge < -0.3 is 20.0 Å². The van der Waals surface area contributed by atoms with Crippen LogP contribution in [0.1, 0.15) is 77.3 Å². The zero-order valence-electron chi connectivity index (χ0n) is 23.8. The molecule has 0 aliphatic carbocycles. The van der Waals surface area contributed by atoms with Crippen molar-refractivity contribution in [1.82, 2.24) is 14.5 Å². The molecule has 0 saturated carbocycles. The van der Waals surface area contributed by atoms with Gasteiger partial charge in [-0.3, -0.25) is 4.79 Å². The summed E-state index contributed by atoms with van der Waals surface area (Å²) in [7, 11) is -2.29. The SMILES string of the molecule is CCCCCc1cc(O)c(CC=C(C)CCC=C(C)C)c(O)c1S(=O)(=O)NC(=O)CCN1CCN(C)CC1. The van der Waals surface area contributed by atoms with Gasteiger partial charge >= 0.3 is 0 Å². The first-order valence-corrected chi connectivity index (χ1v) is 15.2. The van der Waals surface area contributed by atoms with Gasteiger partial charge in [-0.1, -0.05) is 43.1 Å². The molecule has 0 atom stereocenters. The number of aromatic hydroxyl groups is 2. The van der Waals surface area contributed by atoms with Crippen molar-refractivity contribution >= 4 is 15.9 Å². The van der Waals surface area contributed by atoms with Crippen LogP contribution in [0, 0.1) is 0 Å². The Morgan fingerprint density at radius 2 is 1.74 bits per heavy atom. The number of phenolic OH excluding ortho intramolecular Hbond substituents is 2. The van der Waals surface area contributed by atoms with Crippen LogP contribution in [0.25, 0.3) is 0 Å². The Hall–Kier alpha value is -2.36. The van der Waals surface area contributed by atoms with Crippen LogP contribution in [-0.4, -0.2) is 74.1 Å². The first kappa shape index (κ1) is 31.9. The van der Waals surface area contributed by atoms with Crippen LogP contribution in [0.2, 0.25) is 0 Å². The van der Waals surface area contributed by atoms with Gasteiger partial charge in [-0.25, -0.2) is 13.1 Å². The Labute approximate surface area is 229 Å². The molecule has 1 aliphatic heterocycles. The minimum Gasteiger partial charge on any atom is -0.508 e. The van der Waals surface area contributed by atoms with E-state index in [0.717, 1.165) is 57.4 Å². The van der Waals surface area contributed by atoms with Crippen molar-refractivity contribution in [1.29, 1.82) is 0 Å². The molecule has 1 saturated heterocycles. The topological polar surface area (TPSA) is 110 Å². The fraction of sp³-hybridized carbons (Fsp3) is 0.621. The molecule has 0 radical (unpaired) electrons. The number of amides is 1. The molecule has 214 valence electrons. The number of sulfonamides is 1. The van der Waals surface area contributed by atoms with E-state index in [2.05, 4.69) is 27.6 Å². The van der Waals surface area contributed by atoms with Crippen molar-refractivity contribution in [2.45, 2.75) is 84.0 Å². The second-order valence-corrected chi connectivity index (χ2v) is 12.3. The summed E-state index contributed by atoms with van der Waals surface area (Å²) in [6, 6.07) is 1.43. The number of carbonyl (C=O) groups is 1. The predicted octanol–water partition coefficient (Wildman–Crippen LogP) is 4.51. The first-order valence-electron chi connectivity index (χ1n) is 13.8. The Morgan fingerprint density at radius 3 is 2.37 bits per heavy atom. The predicted molar refractivity (Wildman–Crippen MR) is 153 cm³/mol. The van der Waals surface area contributed by atoms with E-state index in [-0.39, 0.29) is 29.1 Å². The number of allylic oxidation sites excluding steroid dienone is 4. The molecule has 1 fully saturated rings. The average Bonchev–Trinajstić information content (AvgIpc) is 2.82. The number of hydrogen-bond acceptors (Lipinski definition) is 7. The van der Waals surface area contributed by atoms with Crippen molar-refractivity contribution in [3.8, 4) is 11.5 Å². The summed E-state index contributed by atoms with van der Waals surface area (Å²) in [6.45, 7) is 12.1. The molecule has 38 heavy (non-hydrogen) atoms. The molecule has 3 N–H and O–H groups in total. The Kier molecular flexibility index (Phi) is 12.8. The molecule has 0 unspecified atom stereocenters. The fourth-order valence-electron chi connectivity index (χ4n) is 4.53. The van der Waals surface area contributed by atoms with E-state index in [1.807, 2.05) is 33.8 Å². The van der Waals surface area contributed by atoms with E-state index in [9.17, 15) is 23.4 Å². The van der Waals surface area contributed by atoms with Gasteiger partial charge in [-0.2, -0.15) is 0 Å². The number of phenols is 2. The zero-order chi connectivity index (χ0) is 28.3. The molecular formula is C29H47N3O5S. The van der Waals surface area contributed by atoms with Crippen molar-refractivity contribution in [2.75, 3.05) is 39.8 Å². The van der Waals surface area contributed by atoms with Gasteiger partial charge in [0.15, 0.2) is 0 Å². The highest BCUT2D eigenvalue weighted by atomic mass is 32.2. The van der Waals surface area contributed by atoms with Gasteiger partial charge in [0.05, 0.1) is 0 Å². The highest BCUT2D eigenvalue weighted by Crippen LogP contribution is 2.38. The van der Waals surface area contributed by atoms with E-state index in [4.69, 9.17) is 0 Å². The lowest BCUT2D eigenvalue weighted by Gasteiger charge is -2.32. The molecule has 0 spiro atoms. The lowest BCUT2D eigenvalue weighted by Crippen LogP contribution is -2.45. The number of hydrogen-bond donors (Lipinski definition) is 3. The van der Waals surface area contributed by atoms with E-state index in [1.165, 1.54) is 11.6 Å². The zero-order valence-corrected chi connectivity index (χ0v) is 24.7. The number of carbonyl (C=O) groups excluding carboxylic acids is 1. The largest absolute Gasteiger partial charge is 0.508 e. The van der Waals surface area contributed by atoms with Crippen molar-refractivity contribution in [3.05, 3.63) is 40.5 Å². The molecule has 1 aromatic rings. The summed E-state index contributed by atoms with van der Waals surface area (Å²) in [6.07, 6.45) is 8.90. The summed E-state index contributed by atoms with van der Waals surface area (Å²) in [5.41, 5.74) is 2.79. The highest BCUT2D eigenvalue weighted by molar-refractivity contribution is 7.90. The average molecular weight is 550 g/mol. The number of aryl methyl sites for hydroxylation is 1. The molecule has 1 amide bonds. The van der Waals surface area contributed by atoms with Gasteiger partial charge in [0.25, 0.3) is 10.0 Å². The lowest BCUT2D eigenvalue weighted by molar-refractivity contribution is -0.119. The highest BCUT2D eigenvalue weighted by Gasteiger charge is 2.29. The second kappa shape index (κ2) is 15.3. The van der Waals surface area contributed by atoms with Gasteiger partial charge in [-0.05, 0) is 71.6 Å². The minimum absolute atomic E-state index is 0.0490. The summed E-state index contributed by atoms with van der Waals surface area (Å²) in [5, 5.41) is 21.9. The molecule has 1 heterocycles. The lowest BCUT2D eigenvalue weighted by atomic mass is 10.00. The van der Waals surface area contributed by atoms with Crippen LogP contribution in [0.3, 0.4) is 0 Å². The smallest absolute Gasteiger partial charge is 0.268 e. The Bertz CT molecular complexity index is 1100. The van der Waals surface area contributed by atoms with E-state index in [0.29, 0.717) is 24.9 Å². The molecule has 9 heteroatoms. The molecule has 1 aliphatic rings. The monoisotopic (exact) mass is 549 g/mol. The normalized spacial score (nSPS) is 15.4. The van der Waals surface area contributed by atoms with Crippen LogP contribution >= 0.6 is 0 Å². The molecule has 2 rings (SSSR count). The number of likely N-dealkylation sites (N-methyl/N-ethyl adjacent to an activating group) is 1. The van der Waals surface area contributed by atoms with Gasteiger partial charge in [-0.15, -0.1) is 0 Å². The molecule has 8 nitrogen and oxygen atoms in total. The summed E-state index contributed by atoms with van der Waals surface area (Å²) < 4.78 is 29.0. The van der Waals surface area contributed by atoms with Gasteiger partial charge in [0.1, 0.15) is 16.4 Å². The third-order valence-corrected chi connectivity index (χ3v) is 8.47. The van der Waals surface area contributed by atoms with Crippen LogP contribution in [0.5, 0.6) is 11.5 Å². The third-order valence-electron chi connectivity index (χ3n) is 6.98. The van der Waals surface area contributed by atoms with Crippen LogP contribution in [0.15, 0.2) is 34.3 Å².